The first-order valence-corrected chi connectivity index (χ1v) is 8.40. The largest absolute Gasteiger partial charge is 0.468 e. The molecule has 0 spiro atoms. The molecule has 130 valence electrons. The number of ketones is 1. The molecule has 1 unspecified atom stereocenters. The summed E-state index contributed by atoms with van der Waals surface area (Å²) in [5, 5.41) is 0. The summed E-state index contributed by atoms with van der Waals surface area (Å²) in [6.07, 6.45) is 2.26. The Morgan fingerprint density at radius 2 is 2.04 bits per heavy atom. The van der Waals surface area contributed by atoms with Gasteiger partial charge >= 0.3 is 5.97 Å². The first-order valence-electron chi connectivity index (χ1n) is 8.40. The van der Waals surface area contributed by atoms with E-state index < -0.39 is 23.1 Å². The standard InChI is InChI=1S/C19H24O5/c1-18-8-9-19(24-18,16(15(20)12-18)17(21)22-2)10-11-23-13-14-6-4-3-5-7-14/h3-7,16H,8-13H2,1-2H3/t16?,18-,19-/m1/s1. The van der Waals surface area contributed by atoms with Crippen LogP contribution >= 0.6 is 0 Å². The predicted molar refractivity (Wildman–Crippen MR) is 87.3 cm³/mol. The maximum Gasteiger partial charge on any atom is 0.319 e. The van der Waals surface area contributed by atoms with Crippen molar-refractivity contribution in [1.82, 2.24) is 0 Å². The van der Waals surface area contributed by atoms with Crippen LogP contribution in [0.3, 0.4) is 0 Å². The van der Waals surface area contributed by atoms with Crippen molar-refractivity contribution in [3.05, 3.63) is 35.9 Å². The van der Waals surface area contributed by atoms with Gasteiger partial charge in [-0.2, -0.15) is 0 Å². The van der Waals surface area contributed by atoms with Gasteiger partial charge in [0.1, 0.15) is 5.92 Å². The van der Waals surface area contributed by atoms with E-state index in [1.165, 1.54) is 7.11 Å². The maximum absolute atomic E-state index is 12.5. The van der Waals surface area contributed by atoms with E-state index in [2.05, 4.69) is 0 Å². The quantitative estimate of drug-likeness (QED) is 0.455. The topological polar surface area (TPSA) is 61.8 Å². The molecule has 2 saturated heterocycles. The molecule has 0 N–H and O–H groups in total. The van der Waals surface area contributed by atoms with Gasteiger partial charge in [-0.15, -0.1) is 0 Å². The van der Waals surface area contributed by atoms with Crippen LogP contribution in [0.25, 0.3) is 0 Å². The van der Waals surface area contributed by atoms with E-state index in [1.54, 1.807) is 0 Å². The van der Waals surface area contributed by atoms with E-state index >= 15 is 0 Å². The lowest BCUT2D eigenvalue weighted by molar-refractivity contribution is -0.192. The second-order valence-electron chi connectivity index (χ2n) is 7.00. The molecule has 0 aliphatic carbocycles. The van der Waals surface area contributed by atoms with Crippen molar-refractivity contribution in [3.63, 3.8) is 0 Å². The second kappa shape index (κ2) is 6.65. The van der Waals surface area contributed by atoms with Gasteiger partial charge in [-0.25, -0.2) is 0 Å². The third kappa shape index (κ3) is 3.23. The van der Waals surface area contributed by atoms with Crippen LogP contribution in [0.5, 0.6) is 0 Å². The molecular formula is C19H24O5. The summed E-state index contributed by atoms with van der Waals surface area (Å²) in [5.41, 5.74) is -0.147. The second-order valence-corrected chi connectivity index (χ2v) is 7.00. The lowest BCUT2D eigenvalue weighted by atomic mass is 9.78. The number of Topliss-reactive ketones (excluding diaryl/α,β-unsaturated/α-hetero) is 1. The number of hydrogen-bond donors (Lipinski definition) is 0. The first-order chi connectivity index (χ1) is 11.5. The van der Waals surface area contributed by atoms with E-state index in [-0.39, 0.29) is 12.2 Å². The molecule has 24 heavy (non-hydrogen) atoms. The van der Waals surface area contributed by atoms with E-state index in [9.17, 15) is 9.59 Å². The summed E-state index contributed by atoms with van der Waals surface area (Å²) in [7, 11) is 1.32. The van der Waals surface area contributed by atoms with E-state index in [1.807, 2.05) is 37.3 Å². The van der Waals surface area contributed by atoms with Gasteiger partial charge in [0.05, 0.1) is 24.9 Å². The molecule has 5 heteroatoms. The molecular weight excluding hydrogens is 308 g/mol. The molecule has 5 nitrogen and oxygen atoms in total. The van der Waals surface area contributed by atoms with Crippen LogP contribution in [0.4, 0.5) is 0 Å². The highest BCUT2D eigenvalue weighted by atomic mass is 16.6. The Hall–Kier alpha value is -1.72. The summed E-state index contributed by atoms with van der Waals surface area (Å²) < 4.78 is 16.8. The van der Waals surface area contributed by atoms with Crippen LogP contribution in [0, 0.1) is 5.92 Å². The van der Waals surface area contributed by atoms with E-state index in [0.29, 0.717) is 26.1 Å². The van der Waals surface area contributed by atoms with Crippen LogP contribution in [0.2, 0.25) is 0 Å². The van der Waals surface area contributed by atoms with E-state index in [4.69, 9.17) is 14.2 Å². The minimum absolute atomic E-state index is 0.0730. The van der Waals surface area contributed by atoms with Crippen molar-refractivity contribution < 1.29 is 23.8 Å². The van der Waals surface area contributed by atoms with Gasteiger partial charge in [-0.1, -0.05) is 30.3 Å². The van der Waals surface area contributed by atoms with Crippen molar-refractivity contribution in [2.24, 2.45) is 5.92 Å². The number of carbonyl (C=O) groups excluding carboxylic acids is 2. The van der Waals surface area contributed by atoms with Gasteiger partial charge in [-0.05, 0) is 25.3 Å². The van der Waals surface area contributed by atoms with Gasteiger partial charge in [-0.3, -0.25) is 9.59 Å². The van der Waals surface area contributed by atoms with Crippen LogP contribution in [0.1, 0.15) is 38.2 Å². The Labute approximate surface area is 142 Å². The molecule has 0 saturated carbocycles. The van der Waals surface area contributed by atoms with Crippen molar-refractivity contribution in [3.8, 4) is 0 Å². The Kier molecular flexibility index (Phi) is 4.74. The van der Waals surface area contributed by atoms with Crippen LogP contribution in [0.15, 0.2) is 30.3 Å². The maximum atomic E-state index is 12.5. The number of hydrogen-bond acceptors (Lipinski definition) is 5. The molecule has 3 atom stereocenters. The Bertz CT molecular complexity index is 613. The van der Waals surface area contributed by atoms with E-state index in [0.717, 1.165) is 12.0 Å². The Balaban J connectivity index is 1.66. The monoisotopic (exact) mass is 332 g/mol. The predicted octanol–water partition coefficient (Wildman–Crippen LogP) is 2.66. The number of esters is 1. The molecule has 2 bridgehead atoms. The van der Waals surface area contributed by atoms with Crippen molar-refractivity contribution in [1.29, 1.82) is 0 Å². The fourth-order valence-corrected chi connectivity index (χ4v) is 3.95. The Morgan fingerprint density at radius 1 is 1.29 bits per heavy atom. The fraction of sp³-hybridized carbons (Fsp3) is 0.579. The highest BCUT2D eigenvalue weighted by Gasteiger charge is 2.61. The highest BCUT2D eigenvalue weighted by molar-refractivity contribution is 6.01. The number of rotatable bonds is 6. The molecule has 2 aliphatic rings. The molecule has 1 aromatic carbocycles. The van der Waals surface area contributed by atoms with Gasteiger partial charge in [0, 0.05) is 19.4 Å². The summed E-state index contributed by atoms with van der Waals surface area (Å²) in [4.78, 5) is 24.7. The molecule has 0 radical (unpaired) electrons. The number of benzene rings is 1. The summed E-state index contributed by atoms with van der Waals surface area (Å²) in [6, 6.07) is 9.90. The van der Waals surface area contributed by atoms with Crippen LogP contribution in [-0.2, 0) is 30.4 Å². The zero-order valence-corrected chi connectivity index (χ0v) is 14.2. The smallest absolute Gasteiger partial charge is 0.319 e. The first kappa shape index (κ1) is 17.1. The third-order valence-corrected chi connectivity index (χ3v) is 5.14. The lowest BCUT2D eigenvalue weighted by Crippen LogP contribution is -2.54. The minimum Gasteiger partial charge on any atom is -0.468 e. The highest BCUT2D eigenvalue weighted by Crippen LogP contribution is 2.51. The zero-order chi connectivity index (χ0) is 17.2. The summed E-state index contributed by atoms with van der Waals surface area (Å²) >= 11 is 0. The van der Waals surface area contributed by atoms with Gasteiger partial charge in [0.2, 0.25) is 0 Å². The van der Waals surface area contributed by atoms with Gasteiger partial charge in [0.15, 0.2) is 5.78 Å². The SMILES string of the molecule is COC(=O)C1C(=O)C[C@@]2(C)CC[C@]1(CCOCc1ccccc1)O2. The molecule has 2 aliphatic heterocycles. The number of fused-ring (bicyclic) bond motifs is 2. The Morgan fingerprint density at radius 3 is 2.75 bits per heavy atom. The van der Waals surface area contributed by atoms with Gasteiger partial charge < -0.3 is 14.2 Å². The third-order valence-electron chi connectivity index (χ3n) is 5.14. The van der Waals surface area contributed by atoms with Gasteiger partial charge in [0.25, 0.3) is 0 Å². The molecule has 3 rings (SSSR count). The van der Waals surface area contributed by atoms with Crippen LogP contribution in [-0.4, -0.2) is 36.7 Å². The molecule has 1 aromatic rings. The molecule has 0 aromatic heterocycles. The summed E-state index contributed by atoms with van der Waals surface area (Å²) in [6.45, 7) is 2.89. The van der Waals surface area contributed by atoms with Crippen LogP contribution < -0.4 is 0 Å². The number of carbonyl (C=O) groups is 2. The zero-order valence-electron chi connectivity index (χ0n) is 14.2. The van der Waals surface area contributed by atoms with Crippen molar-refractivity contribution in [2.75, 3.05) is 13.7 Å². The molecule has 2 fully saturated rings. The molecule has 0 amide bonds. The molecule has 2 heterocycles. The normalized spacial score (nSPS) is 31.9. The summed E-state index contributed by atoms with van der Waals surface area (Å²) in [5.74, 6) is -1.40. The number of ether oxygens (including phenoxy) is 3. The average molecular weight is 332 g/mol. The number of methoxy groups -OCH3 is 1. The lowest BCUT2D eigenvalue weighted by Gasteiger charge is -2.42. The minimum atomic E-state index is -0.835. The van der Waals surface area contributed by atoms with Crippen molar-refractivity contribution in [2.45, 2.75) is 50.4 Å². The van der Waals surface area contributed by atoms with Crippen molar-refractivity contribution >= 4 is 11.8 Å². The fourth-order valence-electron chi connectivity index (χ4n) is 3.95. The average Bonchev–Trinajstić information content (AvgIpc) is 2.84.